The highest BCUT2D eigenvalue weighted by atomic mass is 16.5. The molecule has 0 N–H and O–H groups in total. The third kappa shape index (κ3) is 3.57. The van der Waals surface area contributed by atoms with Gasteiger partial charge in [0.2, 0.25) is 0 Å². The number of carbonyl (C=O) groups excluding carboxylic acids is 1. The van der Waals surface area contributed by atoms with Crippen LogP contribution in [0.5, 0.6) is 5.75 Å². The zero-order valence-corrected chi connectivity index (χ0v) is 12.1. The van der Waals surface area contributed by atoms with Crippen LogP contribution < -0.4 is 4.74 Å². The van der Waals surface area contributed by atoms with Gasteiger partial charge in [-0.15, -0.1) is 0 Å². The van der Waals surface area contributed by atoms with Crippen molar-refractivity contribution in [1.82, 2.24) is 4.90 Å². The summed E-state index contributed by atoms with van der Waals surface area (Å²) in [6.07, 6.45) is 0.665. The molecule has 1 aromatic carbocycles. The smallest absolute Gasteiger partial charge is 0.141 e. The van der Waals surface area contributed by atoms with Crippen LogP contribution in [-0.2, 0) is 11.3 Å². The maximum absolute atomic E-state index is 11.8. The highest BCUT2D eigenvalue weighted by molar-refractivity contribution is 5.85. The van der Waals surface area contributed by atoms with Crippen molar-refractivity contribution in [2.45, 2.75) is 33.7 Å². The number of carbonyl (C=O) groups is 1. The number of rotatable bonds is 4. The lowest BCUT2D eigenvalue weighted by molar-refractivity contribution is -0.131. The first kappa shape index (κ1) is 14.1. The number of Topliss-reactive ketones (excluding diaryl/α,β-unsaturated/α-hetero) is 1. The topological polar surface area (TPSA) is 29.5 Å². The fourth-order valence-electron chi connectivity index (χ4n) is 2.62. The Bertz CT molecular complexity index is 454. The van der Waals surface area contributed by atoms with Crippen molar-refractivity contribution in [3.05, 3.63) is 29.8 Å². The monoisotopic (exact) mass is 261 g/mol. The van der Waals surface area contributed by atoms with Gasteiger partial charge in [0.05, 0.1) is 6.61 Å². The molecule has 1 aromatic rings. The van der Waals surface area contributed by atoms with Crippen LogP contribution in [0.2, 0.25) is 0 Å². The van der Waals surface area contributed by atoms with Gasteiger partial charge in [-0.05, 0) is 24.6 Å². The van der Waals surface area contributed by atoms with Crippen molar-refractivity contribution < 1.29 is 9.53 Å². The zero-order chi connectivity index (χ0) is 13.9. The number of nitrogens with zero attached hydrogens (tertiary/aromatic N) is 1. The Hall–Kier alpha value is -1.35. The molecule has 19 heavy (non-hydrogen) atoms. The Morgan fingerprint density at radius 1 is 1.37 bits per heavy atom. The van der Waals surface area contributed by atoms with Gasteiger partial charge in [0.25, 0.3) is 0 Å². The minimum absolute atomic E-state index is 0.213. The second-order valence-electron chi connectivity index (χ2n) is 5.85. The third-order valence-electron chi connectivity index (χ3n) is 3.64. The molecule has 0 aromatic heterocycles. The first-order valence-electron chi connectivity index (χ1n) is 6.98. The van der Waals surface area contributed by atoms with Gasteiger partial charge < -0.3 is 4.74 Å². The molecule has 1 fully saturated rings. The molecule has 0 radical (unpaired) electrons. The SMILES string of the molecule is CCOc1cccc(CN2CCC(=O)C(C)(C)C2)c1. The molecule has 0 spiro atoms. The van der Waals surface area contributed by atoms with E-state index in [0.29, 0.717) is 18.8 Å². The van der Waals surface area contributed by atoms with E-state index in [2.05, 4.69) is 17.0 Å². The summed E-state index contributed by atoms with van der Waals surface area (Å²) in [4.78, 5) is 14.2. The molecule has 0 aliphatic carbocycles. The van der Waals surface area contributed by atoms with Gasteiger partial charge in [0.1, 0.15) is 11.5 Å². The first-order valence-corrected chi connectivity index (χ1v) is 6.98. The standard InChI is InChI=1S/C16H23NO2/c1-4-19-14-7-5-6-13(10-14)11-17-9-8-15(18)16(2,3)12-17/h5-7,10H,4,8-9,11-12H2,1-3H3. The molecule has 1 aliphatic heterocycles. The van der Waals surface area contributed by atoms with E-state index in [1.54, 1.807) is 0 Å². The summed E-state index contributed by atoms with van der Waals surface area (Å²) < 4.78 is 5.52. The molecule has 3 nitrogen and oxygen atoms in total. The van der Waals surface area contributed by atoms with E-state index in [-0.39, 0.29) is 5.41 Å². The Labute approximate surface area is 115 Å². The summed E-state index contributed by atoms with van der Waals surface area (Å²) in [5, 5.41) is 0. The van der Waals surface area contributed by atoms with Crippen LogP contribution in [0.3, 0.4) is 0 Å². The lowest BCUT2D eigenvalue weighted by Crippen LogP contribution is -2.45. The number of ether oxygens (including phenoxy) is 1. The summed E-state index contributed by atoms with van der Waals surface area (Å²) in [5.41, 5.74) is 1.03. The van der Waals surface area contributed by atoms with E-state index >= 15 is 0 Å². The number of hydrogen-bond donors (Lipinski definition) is 0. The van der Waals surface area contributed by atoms with Gasteiger partial charge in [0.15, 0.2) is 0 Å². The van der Waals surface area contributed by atoms with Crippen LogP contribution in [0.25, 0.3) is 0 Å². The third-order valence-corrected chi connectivity index (χ3v) is 3.64. The Morgan fingerprint density at radius 3 is 2.84 bits per heavy atom. The predicted molar refractivity (Wildman–Crippen MR) is 76.3 cm³/mol. The van der Waals surface area contributed by atoms with E-state index in [1.165, 1.54) is 5.56 Å². The number of ketones is 1. The van der Waals surface area contributed by atoms with Crippen LogP contribution in [0.1, 0.15) is 32.8 Å². The number of piperidine rings is 1. The molecule has 0 unspecified atom stereocenters. The zero-order valence-electron chi connectivity index (χ0n) is 12.1. The second kappa shape index (κ2) is 5.74. The first-order chi connectivity index (χ1) is 9.01. The lowest BCUT2D eigenvalue weighted by Gasteiger charge is -2.36. The van der Waals surface area contributed by atoms with E-state index in [4.69, 9.17) is 4.74 Å². The fourth-order valence-corrected chi connectivity index (χ4v) is 2.62. The van der Waals surface area contributed by atoms with Crippen LogP contribution >= 0.6 is 0 Å². The summed E-state index contributed by atoms with van der Waals surface area (Å²) in [6, 6.07) is 8.22. The molecule has 2 rings (SSSR count). The van der Waals surface area contributed by atoms with Crippen LogP contribution in [0, 0.1) is 5.41 Å². The molecule has 1 saturated heterocycles. The van der Waals surface area contributed by atoms with Gasteiger partial charge in [-0.3, -0.25) is 9.69 Å². The molecule has 0 atom stereocenters. The minimum atomic E-state index is -0.213. The van der Waals surface area contributed by atoms with Crippen molar-refractivity contribution in [3.63, 3.8) is 0 Å². The second-order valence-corrected chi connectivity index (χ2v) is 5.85. The quantitative estimate of drug-likeness (QED) is 0.834. The molecule has 3 heteroatoms. The molecule has 0 saturated carbocycles. The maximum Gasteiger partial charge on any atom is 0.141 e. The van der Waals surface area contributed by atoms with Gasteiger partial charge in [0, 0.05) is 31.5 Å². The summed E-state index contributed by atoms with van der Waals surface area (Å²) in [5.74, 6) is 1.30. The van der Waals surface area contributed by atoms with Crippen LogP contribution in [0.4, 0.5) is 0 Å². The normalized spacial score (nSPS) is 19.4. The maximum atomic E-state index is 11.8. The van der Waals surface area contributed by atoms with Crippen molar-refractivity contribution in [3.8, 4) is 5.75 Å². The lowest BCUT2D eigenvalue weighted by atomic mass is 9.82. The van der Waals surface area contributed by atoms with E-state index in [0.717, 1.165) is 25.4 Å². The molecule has 0 amide bonds. The summed E-state index contributed by atoms with van der Waals surface area (Å²) >= 11 is 0. The Kier molecular flexibility index (Phi) is 4.25. The Balaban J connectivity index is 2.01. The van der Waals surface area contributed by atoms with Crippen LogP contribution in [0.15, 0.2) is 24.3 Å². The van der Waals surface area contributed by atoms with E-state index in [9.17, 15) is 4.79 Å². The molecular weight excluding hydrogens is 238 g/mol. The van der Waals surface area contributed by atoms with Crippen molar-refractivity contribution in [2.24, 2.45) is 5.41 Å². The van der Waals surface area contributed by atoms with Gasteiger partial charge in [-0.1, -0.05) is 26.0 Å². The average Bonchev–Trinajstić information content (AvgIpc) is 2.34. The molecule has 104 valence electrons. The van der Waals surface area contributed by atoms with Gasteiger partial charge in [-0.2, -0.15) is 0 Å². The Morgan fingerprint density at radius 2 is 2.16 bits per heavy atom. The van der Waals surface area contributed by atoms with E-state index in [1.807, 2.05) is 32.9 Å². The highest BCUT2D eigenvalue weighted by Crippen LogP contribution is 2.26. The molecular formula is C16H23NO2. The number of likely N-dealkylation sites (tertiary alicyclic amines) is 1. The predicted octanol–water partition coefficient (Wildman–Crippen LogP) is 2.89. The summed E-state index contributed by atoms with van der Waals surface area (Å²) in [6.45, 7) is 9.35. The number of hydrogen-bond acceptors (Lipinski definition) is 3. The summed E-state index contributed by atoms with van der Waals surface area (Å²) in [7, 11) is 0. The highest BCUT2D eigenvalue weighted by Gasteiger charge is 2.33. The minimum Gasteiger partial charge on any atom is -0.494 e. The number of benzene rings is 1. The van der Waals surface area contributed by atoms with Crippen molar-refractivity contribution in [1.29, 1.82) is 0 Å². The largest absolute Gasteiger partial charge is 0.494 e. The van der Waals surface area contributed by atoms with Crippen molar-refractivity contribution in [2.75, 3.05) is 19.7 Å². The van der Waals surface area contributed by atoms with Crippen LogP contribution in [-0.4, -0.2) is 30.4 Å². The molecule has 1 aliphatic rings. The van der Waals surface area contributed by atoms with Gasteiger partial charge >= 0.3 is 0 Å². The van der Waals surface area contributed by atoms with Crippen molar-refractivity contribution >= 4 is 5.78 Å². The van der Waals surface area contributed by atoms with E-state index < -0.39 is 0 Å². The molecule has 0 bridgehead atoms. The van der Waals surface area contributed by atoms with Gasteiger partial charge in [-0.25, -0.2) is 0 Å². The molecule has 1 heterocycles. The average molecular weight is 261 g/mol. The fraction of sp³-hybridized carbons (Fsp3) is 0.562.